The molecule has 2 nitrogen and oxygen atoms in total. The highest BCUT2D eigenvalue weighted by Gasteiger charge is 2.19. The smallest absolute Gasteiger partial charge is 0.0567 e. The van der Waals surface area contributed by atoms with Crippen LogP contribution in [0.5, 0.6) is 0 Å². The van der Waals surface area contributed by atoms with Gasteiger partial charge in [0.2, 0.25) is 0 Å². The first-order valence-corrected chi connectivity index (χ1v) is 5.30. The molecule has 1 aliphatic heterocycles. The van der Waals surface area contributed by atoms with E-state index in [0.717, 1.165) is 25.8 Å². The van der Waals surface area contributed by atoms with E-state index in [-0.39, 0.29) is 6.10 Å². The first-order valence-electron chi connectivity index (χ1n) is 5.30. The van der Waals surface area contributed by atoms with Crippen LogP contribution in [0.25, 0.3) is 0 Å². The second-order valence-corrected chi connectivity index (χ2v) is 4.02. The van der Waals surface area contributed by atoms with Crippen molar-refractivity contribution < 1.29 is 5.11 Å². The molecule has 0 radical (unpaired) electrons. The van der Waals surface area contributed by atoms with Crippen LogP contribution in [0, 0.1) is 0 Å². The zero-order valence-electron chi connectivity index (χ0n) is 8.32. The van der Waals surface area contributed by atoms with Crippen molar-refractivity contribution in [2.75, 3.05) is 6.54 Å². The minimum atomic E-state index is -0.107. The molecule has 1 fully saturated rings. The van der Waals surface area contributed by atoms with Crippen LogP contribution in [-0.2, 0) is 6.42 Å². The maximum atomic E-state index is 9.52. The van der Waals surface area contributed by atoms with Crippen molar-refractivity contribution in [1.82, 2.24) is 5.32 Å². The third-order valence-electron chi connectivity index (χ3n) is 2.79. The standard InChI is InChI=1S/C12H17NO/c14-12-6-7-13-11(9-12)8-10-4-2-1-3-5-10/h1-5,11-14H,6-9H2/t11-,12+/m1/s1. The maximum Gasteiger partial charge on any atom is 0.0567 e. The zero-order chi connectivity index (χ0) is 9.80. The van der Waals surface area contributed by atoms with Crippen molar-refractivity contribution in [3.63, 3.8) is 0 Å². The largest absolute Gasteiger partial charge is 0.393 e. The van der Waals surface area contributed by atoms with Crippen LogP contribution in [-0.4, -0.2) is 23.8 Å². The van der Waals surface area contributed by atoms with E-state index in [4.69, 9.17) is 0 Å². The van der Waals surface area contributed by atoms with Gasteiger partial charge in [-0.15, -0.1) is 0 Å². The number of aliphatic hydroxyl groups excluding tert-OH is 1. The molecule has 0 spiro atoms. The van der Waals surface area contributed by atoms with Gasteiger partial charge in [0.25, 0.3) is 0 Å². The van der Waals surface area contributed by atoms with E-state index < -0.39 is 0 Å². The Kier molecular flexibility index (Phi) is 3.17. The number of hydrogen-bond donors (Lipinski definition) is 2. The molecule has 0 amide bonds. The van der Waals surface area contributed by atoms with Gasteiger partial charge in [-0.3, -0.25) is 0 Å². The Hall–Kier alpha value is -0.860. The summed E-state index contributed by atoms with van der Waals surface area (Å²) in [4.78, 5) is 0. The van der Waals surface area contributed by atoms with E-state index in [1.165, 1.54) is 5.56 Å². The Balaban J connectivity index is 1.91. The molecule has 1 aliphatic rings. The molecule has 2 heteroatoms. The van der Waals surface area contributed by atoms with E-state index in [1.807, 2.05) is 6.07 Å². The van der Waals surface area contributed by atoms with E-state index in [2.05, 4.69) is 29.6 Å². The summed E-state index contributed by atoms with van der Waals surface area (Å²) >= 11 is 0. The number of benzene rings is 1. The van der Waals surface area contributed by atoms with Crippen molar-refractivity contribution in [2.24, 2.45) is 0 Å². The first-order chi connectivity index (χ1) is 6.84. The molecule has 2 atom stereocenters. The summed E-state index contributed by atoms with van der Waals surface area (Å²) in [6.07, 6.45) is 2.70. The van der Waals surface area contributed by atoms with Gasteiger partial charge in [0, 0.05) is 6.04 Å². The predicted molar refractivity (Wildman–Crippen MR) is 57.2 cm³/mol. The fraction of sp³-hybridized carbons (Fsp3) is 0.500. The third kappa shape index (κ3) is 2.56. The maximum absolute atomic E-state index is 9.52. The van der Waals surface area contributed by atoms with Gasteiger partial charge in [0.15, 0.2) is 0 Å². The van der Waals surface area contributed by atoms with Crippen LogP contribution < -0.4 is 5.32 Å². The van der Waals surface area contributed by atoms with Gasteiger partial charge in [-0.1, -0.05) is 30.3 Å². The molecule has 2 rings (SSSR count). The molecule has 0 aromatic heterocycles. The molecule has 14 heavy (non-hydrogen) atoms. The molecule has 2 N–H and O–H groups in total. The Morgan fingerprint density at radius 2 is 2.07 bits per heavy atom. The van der Waals surface area contributed by atoms with Crippen LogP contribution in [0.4, 0.5) is 0 Å². The van der Waals surface area contributed by atoms with Gasteiger partial charge in [-0.25, -0.2) is 0 Å². The van der Waals surface area contributed by atoms with Crippen LogP contribution >= 0.6 is 0 Å². The van der Waals surface area contributed by atoms with Crippen molar-refractivity contribution in [3.05, 3.63) is 35.9 Å². The van der Waals surface area contributed by atoms with Crippen LogP contribution in [0.1, 0.15) is 18.4 Å². The molecule has 0 saturated carbocycles. The molecular weight excluding hydrogens is 174 g/mol. The Labute approximate surface area is 85.0 Å². The lowest BCUT2D eigenvalue weighted by atomic mass is 9.96. The molecule has 0 aliphatic carbocycles. The molecule has 1 saturated heterocycles. The molecule has 0 bridgehead atoms. The average Bonchev–Trinajstić information content (AvgIpc) is 2.19. The Bertz CT molecular complexity index is 273. The lowest BCUT2D eigenvalue weighted by Crippen LogP contribution is -2.41. The number of nitrogens with one attached hydrogen (secondary N) is 1. The summed E-state index contributed by atoms with van der Waals surface area (Å²) in [5, 5.41) is 13.0. The van der Waals surface area contributed by atoms with Gasteiger partial charge in [0.1, 0.15) is 0 Å². The summed E-state index contributed by atoms with van der Waals surface area (Å²) in [6.45, 7) is 0.943. The molecule has 0 unspecified atom stereocenters. The monoisotopic (exact) mass is 191 g/mol. The van der Waals surface area contributed by atoms with Crippen molar-refractivity contribution in [3.8, 4) is 0 Å². The lowest BCUT2D eigenvalue weighted by molar-refractivity contribution is 0.116. The first kappa shape index (κ1) is 9.69. The predicted octanol–water partition coefficient (Wildman–Crippen LogP) is 1.34. The van der Waals surface area contributed by atoms with Gasteiger partial charge in [0.05, 0.1) is 6.10 Å². The lowest BCUT2D eigenvalue weighted by Gasteiger charge is -2.27. The highest BCUT2D eigenvalue weighted by atomic mass is 16.3. The SMILES string of the molecule is O[C@H]1CCN[C@H](Cc2ccccc2)C1. The topological polar surface area (TPSA) is 32.3 Å². The van der Waals surface area contributed by atoms with Crippen LogP contribution in [0.15, 0.2) is 30.3 Å². The summed E-state index contributed by atoms with van der Waals surface area (Å²) in [7, 11) is 0. The number of piperidine rings is 1. The van der Waals surface area contributed by atoms with Crippen LogP contribution in [0.2, 0.25) is 0 Å². The van der Waals surface area contributed by atoms with Crippen LogP contribution in [0.3, 0.4) is 0 Å². The molecule has 76 valence electrons. The number of rotatable bonds is 2. The van der Waals surface area contributed by atoms with E-state index in [0.29, 0.717) is 6.04 Å². The average molecular weight is 191 g/mol. The highest BCUT2D eigenvalue weighted by molar-refractivity contribution is 5.16. The van der Waals surface area contributed by atoms with E-state index in [1.54, 1.807) is 0 Å². The number of hydrogen-bond acceptors (Lipinski definition) is 2. The summed E-state index contributed by atoms with van der Waals surface area (Å²) in [5.74, 6) is 0. The molecule has 1 heterocycles. The van der Waals surface area contributed by atoms with E-state index in [9.17, 15) is 5.11 Å². The van der Waals surface area contributed by atoms with Crippen molar-refractivity contribution in [1.29, 1.82) is 0 Å². The third-order valence-corrected chi connectivity index (χ3v) is 2.79. The number of aliphatic hydroxyl groups is 1. The minimum Gasteiger partial charge on any atom is -0.393 e. The Morgan fingerprint density at radius 1 is 1.29 bits per heavy atom. The fourth-order valence-electron chi connectivity index (χ4n) is 2.04. The van der Waals surface area contributed by atoms with Gasteiger partial charge >= 0.3 is 0 Å². The highest BCUT2D eigenvalue weighted by Crippen LogP contribution is 2.13. The van der Waals surface area contributed by atoms with Crippen molar-refractivity contribution in [2.45, 2.75) is 31.4 Å². The summed E-state index contributed by atoms with van der Waals surface area (Å²) < 4.78 is 0. The summed E-state index contributed by atoms with van der Waals surface area (Å²) in [6, 6.07) is 10.9. The quantitative estimate of drug-likeness (QED) is 0.739. The second-order valence-electron chi connectivity index (χ2n) is 4.02. The van der Waals surface area contributed by atoms with Crippen molar-refractivity contribution >= 4 is 0 Å². The molecule has 1 aromatic carbocycles. The minimum absolute atomic E-state index is 0.107. The molecule has 1 aromatic rings. The van der Waals surface area contributed by atoms with Gasteiger partial charge < -0.3 is 10.4 Å². The van der Waals surface area contributed by atoms with E-state index >= 15 is 0 Å². The second kappa shape index (κ2) is 4.58. The summed E-state index contributed by atoms with van der Waals surface area (Å²) in [5.41, 5.74) is 1.35. The Morgan fingerprint density at radius 3 is 2.79 bits per heavy atom. The van der Waals surface area contributed by atoms with Gasteiger partial charge in [-0.05, 0) is 31.4 Å². The normalized spacial score (nSPS) is 27.5. The molecular formula is C12H17NO. The fourth-order valence-corrected chi connectivity index (χ4v) is 2.04. The van der Waals surface area contributed by atoms with Gasteiger partial charge in [-0.2, -0.15) is 0 Å². The zero-order valence-corrected chi connectivity index (χ0v) is 8.32.